The first-order valence-electron chi connectivity index (χ1n) is 11.9. The number of carboxylic acids is 1. The van der Waals surface area contributed by atoms with Gasteiger partial charge < -0.3 is 54.8 Å². The van der Waals surface area contributed by atoms with Crippen LogP contribution in [0.3, 0.4) is 0 Å². The fourth-order valence-electron chi connectivity index (χ4n) is 3.12. The molecule has 15 N–H and O–H groups in total. The Bertz CT molecular complexity index is 825. The number of hydrogen-bond donors (Lipinski definition) is 10. The fourth-order valence-corrected chi connectivity index (χ4v) is 3.12. The molecule has 0 fully saturated rings. The monoisotopic (exact) mass is 530 g/mol. The van der Waals surface area contributed by atoms with E-state index in [1.807, 2.05) is 0 Å². The Hall–Kier alpha value is -3.66. The van der Waals surface area contributed by atoms with Crippen LogP contribution in [0.15, 0.2) is 9.98 Å². The number of rotatable bonds is 17. The molecule has 0 aromatic heterocycles. The van der Waals surface area contributed by atoms with Gasteiger partial charge in [0.05, 0.1) is 12.1 Å². The van der Waals surface area contributed by atoms with E-state index >= 15 is 0 Å². The zero-order chi connectivity index (χ0) is 28.7. The number of nitrogens with zero attached hydrogens (tertiary/aromatic N) is 2. The zero-order valence-electron chi connectivity index (χ0n) is 21.5. The van der Waals surface area contributed by atoms with Gasteiger partial charge in [0.25, 0.3) is 0 Å². The molecule has 3 amide bonds. The van der Waals surface area contributed by atoms with Gasteiger partial charge in [0.1, 0.15) is 12.1 Å². The van der Waals surface area contributed by atoms with Gasteiger partial charge in [-0.1, -0.05) is 13.8 Å². The van der Waals surface area contributed by atoms with Crippen molar-refractivity contribution in [3.8, 4) is 0 Å². The van der Waals surface area contributed by atoms with Gasteiger partial charge in [0.15, 0.2) is 18.0 Å². The molecule has 0 saturated carbocycles. The highest BCUT2D eigenvalue weighted by atomic mass is 16.4. The number of aliphatic carboxylic acids is 1. The van der Waals surface area contributed by atoms with Gasteiger partial charge in [0, 0.05) is 13.1 Å². The van der Waals surface area contributed by atoms with Crippen molar-refractivity contribution < 1.29 is 29.4 Å². The average Bonchev–Trinajstić information content (AvgIpc) is 2.78. The largest absolute Gasteiger partial charge is 0.480 e. The lowest BCUT2D eigenvalue weighted by Crippen LogP contribution is -2.59. The minimum absolute atomic E-state index is 0.0452. The average molecular weight is 531 g/mol. The number of aliphatic hydroxyl groups excluding tert-OH is 1. The predicted octanol–water partition coefficient (Wildman–Crippen LogP) is -4.00. The van der Waals surface area contributed by atoms with Crippen molar-refractivity contribution in [2.45, 2.75) is 76.7 Å². The standard InChI is InChI=1S/C21H42N10O6/c1-10(2)14(30-16(33)12(22)6-4-8-27-20(23)24)18(35)29-13(7-5-9-28-21(25)26)17(34)31-15(11(3)32)19(36)37/h10-15,32H,4-9,22H2,1-3H3,(H,29,35)(H,30,33)(H,31,34)(H,36,37)(H4,23,24,27)(H4,25,26,28). The molecule has 0 bridgehead atoms. The van der Waals surface area contributed by atoms with Crippen molar-refractivity contribution in [1.29, 1.82) is 0 Å². The van der Waals surface area contributed by atoms with E-state index in [1.165, 1.54) is 6.92 Å². The molecule has 0 aromatic carbocycles. The minimum Gasteiger partial charge on any atom is -0.480 e. The number of carboxylic acid groups (broad SMARTS) is 1. The second-order valence-corrected chi connectivity index (χ2v) is 8.86. The number of amides is 3. The van der Waals surface area contributed by atoms with E-state index < -0.39 is 54.0 Å². The van der Waals surface area contributed by atoms with E-state index in [-0.39, 0.29) is 50.2 Å². The van der Waals surface area contributed by atoms with Crippen LogP contribution in [0.5, 0.6) is 0 Å². The van der Waals surface area contributed by atoms with Gasteiger partial charge in [-0.3, -0.25) is 24.4 Å². The summed E-state index contributed by atoms with van der Waals surface area (Å²) >= 11 is 0. The molecule has 0 rings (SSSR count). The maximum absolute atomic E-state index is 13.1. The summed E-state index contributed by atoms with van der Waals surface area (Å²) < 4.78 is 0. The molecule has 0 aliphatic rings. The van der Waals surface area contributed by atoms with Crippen LogP contribution in [0.25, 0.3) is 0 Å². The quantitative estimate of drug-likeness (QED) is 0.0490. The molecule has 0 aliphatic carbocycles. The molecule has 0 saturated heterocycles. The summed E-state index contributed by atoms with van der Waals surface area (Å²) in [6.07, 6.45) is -0.376. The van der Waals surface area contributed by atoms with Crippen LogP contribution in [0, 0.1) is 5.92 Å². The molecule has 0 radical (unpaired) electrons. The van der Waals surface area contributed by atoms with Crippen LogP contribution in [-0.2, 0) is 19.2 Å². The summed E-state index contributed by atoms with van der Waals surface area (Å²) in [7, 11) is 0. The molecule has 0 aliphatic heterocycles. The molecule has 5 atom stereocenters. The molecule has 5 unspecified atom stereocenters. The summed E-state index contributed by atoms with van der Waals surface area (Å²) in [5.41, 5.74) is 27.0. The number of aliphatic imine (C=N–C) groups is 2. The van der Waals surface area contributed by atoms with E-state index in [2.05, 4.69) is 25.9 Å². The molecule has 0 spiro atoms. The first-order chi connectivity index (χ1) is 17.2. The second kappa shape index (κ2) is 16.9. The van der Waals surface area contributed by atoms with Gasteiger partial charge in [-0.25, -0.2) is 4.79 Å². The maximum atomic E-state index is 13.1. The fraction of sp³-hybridized carbons (Fsp3) is 0.714. The van der Waals surface area contributed by atoms with Crippen LogP contribution < -0.4 is 44.6 Å². The van der Waals surface area contributed by atoms with E-state index in [1.54, 1.807) is 13.8 Å². The number of carbonyl (C=O) groups is 4. The Labute approximate surface area is 215 Å². The van der Waals surface area contributed by atoms with Gasteiger partial charge in [0.2, 0.25) is 17.7 Å². The molecule has 37 heavy (non-hydrogen) atoms. The third-order valence-electron chi connectivity index (χ3n) is 5.18. The normalized spacial score (nSPS) is 14.9. The maximum Gasteiger partial charge on any atom is 0.328 e. The highest BCUT2D eigenvalue weighted by Gasteiger charge is 2.32. The Morgan fingerprint density at radius 1 is 0.757 bits per heavy atom. The lowest BCUT2D eigenvalue weighted by atomic mass is 10.0. The Balaban J connectivity index is 5.45. The van der Waals surface area contributed by atoms with Crippen molar-refractivity contribution >= 4 is 35.6 Å². The van der Waals surface area contributed by atoms with Crippen molar-refractivity contribution in [2.75, 3.05) is 13.1 Å². The zero-order valence-corrected chi connectivity index (χ0v) is 21.5. The summed E-state index contributed by atoms with van der Waals surface area (Å²) in [6.45, 7) is 5.03. The van der Waals surface area contributed by atoms with Crippen LogP contribution in [-0.4, -0.2) is 89.2 Å². The highest BCUT2D eigenvalue weighted by Crippen LogP contribution is 2.07. The lowest BCUT2D eigenvalue weighted by Gasteiger charge is -2.27. The van der Waals surface area contributed by atoms with E-state index in [4.69, 9.17) is 28.7 Å². The van der Waals surface area contributed by atoms with Crippen LogP contribution in [0.2, 0.25) is 0 Å². The second-order valence-electron chi connectivity index (χ2n) is 8.86. The molecule has 212 valence electrons. The van der Waals surface area contributed by atoms with Gasteiger partial charge >= 0.3 is 5.97 Å². The number of nitrogens with two attached hydrogens (primary N) is 5. The predicted molar refractivity (Wildman–Crippen MR) is 138 cm³/mol. The van der Waals surface area contributed by atoms with E-state index in [0.29, 0.717) is 6.42 Å². The first kappa shape index (κ1) is 33.3. The summed E-state index contributed by atoms with van der Waals surface area (Å²) in [4.78, 5) is 57.5. The van der Waals surface area contributed by atoms with Crippen LogP contribution in [0.4, 0.5) is 0 Å². The third-order valence-corrected chi connectivity index (χ3v) is 5.18. The number of guanidine groups is 2. The van der Waals surface area contributed by atoms with E-state index in [9.17, 15) is 29.4 Å². The molecule has 16 heteroatoms. The van der Waals surface area contributed by atoms with Crippen molar-refractivity contribution in [3.05, 3.63) is 0 Å². The number of nitrogens with one attached hydrogen (secondary N) is 3. The van der Waals surface area contributed by atoms with Crippen molar-refractivity contribution in [3.63, 3.8) is 0 Å². The number of hydrogen-bond acceptors (Lipinski definition) is 8. The smallest absolute Gasteiger partial charge is 0.328 e. The summed E-state index contributed by atoms with van der Waals surface area (Å²) in [5, 5.41) is 26.3. The molecule has 0 aromatic rings. The SMILES string of the molecule is CC(C)C(NC(=O)C(N)CCCN=C(N)N)C(=O)NC(CCCN=C(N)N)C(=O)NC(C(=O)O)C(C)O. The van der Waals surface area contributed by atoms with Gasteiger partial charge in [-0.05, 0) is 38.5 Å². The summed E-state index contributed by atoms with van der Waals surface area (Å²) in [5.74, 6) is -4.15. The Morgan fingerprint density at radius 3 is 1.68 bits per heavy atom. The Kier molecular flexibility index (Phi) is 15.2. The highest BCUT2D eigenvalue weighted by molar-refractivity contribution is 5.94. The lowest BCUT2D eigenvalue weighted by molar-refractivity contribution is -0.145. The van der Waals surface area contributed by atoms with Crippen LogP contribution in [0.1, 0.15) is 46.5 Å². The molecule has 16 nitrogen and oxygen atoms in total. The third kappa shape index (κ3) is 13.9. The number of aliphatic hydroxyl groups is 1. The van der Waals surface area contributed by atoms with Crippen molar-refractivity contribution in [2.24, 2.45) is 44.6 Å². The summed E-state index contributed by atoms with van der Waals surface area (Å²) in [6, 6.07) is -4.77. The van der Waals surface area contributed by atoms with Gasteiger partial charge in [-0.2, -0.15) is 0 Å². The van der Waals surface area contributed by atoms with Crippen molar-refractivity contribution in [1.82, 2.24) is 16.0 Å². The number of carbonyl (C=O) groups excluding carboxylic acids is 3. The minimum atomic E-state index is -1.60. The molecule has 0 heterocycles. The van der Waals surface area contributed by atoms with Crippen LogP contribution >= 0.6 is 0 Å². The Morgan fingerprint density at radius 2 is 1.24 bits per heavy atom. The molecular weight excluding hydrogens is 488 g/mol. The van der Waals surface area contributed by atoms with Gasteiger partial charge in [-0.15, -0.1) is 0 Å². The van der Waals surface area contributed by atoms with E-state index in [0.717, 1.165) is 0 Å². The topological polar surface area (TPSA) is 300 Å². The molecular formula is C21H42N10O6. The first-order valence-corrected chi connectivity index (χ1v) is 11.9.